The van der Waals surface area contributed by atoms with Crippen LogP contribution in [0.2, 0.25) is 0 Å². The van der Waals surface area contributed by atoms with E-state index < -0.39 is 0 Å². The van der Waals surface area contributed by atoms with E-state index in [9.17, 15) is 0 Å². The maximum Gasteiger partial charge on any atom is 0.124 e. The summed E-state index contributed by atoms with van der Waals surface area (Å²) in [7, 11) is 0. The van der Waals surface area contributed by atoms with Crippen LogP contribution in [0.5, 0.6) is 0 Å². The zero-order valence-corrected chi connectivity index (χ0v) is 11.0. The van der Waals surface area contributed by atoms with Crippen molar-refractivity contribution in [3.63, 3.8) is 0 Å². The fourth-order valence-corrected chi connectivity index (χ4v) is 3.66. The van der Waals surface area contributed by atoms with Gasteiger partial charge in [-0.1, -0.05) is 12.1 Å². The molecule has 4 rings (SSSR count). The number of hydrogen-bond donors (Lipinski definition) is 0. The van der Waals surface area contributed by atoms with Gasteiger partial charge in [0.1, 0.15) is 5.01 Å². The Morgan fingerprint density at radius 3 is 2.78 bits per heavy atom. The normalized spacial score (nSPS) is 11.3. The van der Waals surface area contributed by atoms with Gasteiger partial charge < -0.3 is 0 Å². The minimum Gasteiger partial charge on any atom is -0.245 e. The van der Waals surface area contributed by atoms with E-state index in [0.29, 0.717) is 0 Å². The summed E-state index contributed by atoms with van der Waals surface area (Å²) in [5.74, 6) is 0. The van der Waals surface area contributed by atoms with Crippen LogP contribution < -0.4 is 0 Å². The highest BCUT2D eigenvalue weighted by atomic mass is 32.1. The summed E-state index contributed by atoms with van der Waals surface area (Å²) in [6.07, 6.45) is 0. The Hall–Kier alpha value is -1.78. The molecule has 4 aromatic rings. The summed E-state index contributed by atoms with van der Waals surface area (Å²) in [6.45, 7) is 0. The second-order valence-corrected chi connectivity index (χ2v) is 5.94. The van der Waals surface area contributed by atoms with E-state index in [2.05, 4.69) is 46.4 Å². The second-order valence-electron chi connectivity index (χ2n) is 4.02. The van der Waals surface area contributed by atoms with Crippen molar-refractivity contribution in [1.29, 1.82) is 0 Å². The van der Waals surface area contributed by atoms with Crippen LogP contribution in [0.15, 0.2) is 48.0 Å². The average molecular weight is 268 g/mol. The summed E-state index contributed by atoms with van der Waals surface area (Å²) >= 11 is 3.40. The Morgan fingerprint density at radius 1 is 0.889 bits per heavy atom. The molecule has 0 saturated carbocycles. The molecular weight excluding hydrogens is 260 g/mol. The van der Waals surface area contributed by atoms with Gasteiger partial charge in [-0.3, -0.25) is 0 Å². The molecule has 0 unspecified atom stereocenters. The molecular formula is C14H8N2S2. The summed E-state index contributed by atoms with van der Waals surface area (Å²) < 4.78 is 2.45. The number of nitrogens with zero attached hydrogens (tertiary/aromatic N) is 2. The Kier molecular flexibility index (Phi) is 2.18. The third-order valence-electron chi connectivity index (χ3n) is 2.87. The maximum atomic E-state index is 4.68. The van der Waals surface area contributed by atoms with Crippen molar-refractivity contribution in [3.8, 4) is 10.6 Å². The van der Waals surface area contributed by atoms with Gasteiger partial charge >= 0.3 is 0 Å². The smallest absolute Gasteiger partial charge is 0.124 e. The number of hydrogen-bond acceptors (Lipinski definition) is 4. The lowest BCUT2D eigenvalue weighted by atomic mass is 10.2. The summed E-state index contributed by atoms with van der Waals surface area (Å²) in [4.78, 5) is 8.97. The lowest BCUT2D eigenvalue weighted by Gasteiger charge is -1.95. The number of benzene rings is 2. The SMILES string of the molecule is c1ccc2sc(-c3ccc4ncsc4c3)nc2c1. The first-order chi connectivity index (χ1) is 8.90. The minimum absolute atomic E-state index is 1.06. The highest BCUT2D eigenvalue weighted by Crippen LogP contribution is 2.32. The Balaban J connectivity index is 1.94. The van der Waals surface area contributed by atoms with Crippen molar-refractivity contribution in [2.75, 3.05) is 0 Å². The van der Waals surface area contributed by atoms with E-state index in [0.717, 1.165) is 16.0 Å². The largest absolute Gasteiger partial charge is 0.245 e. The fourth-order valence-electron chi connectivity index (χ4n) is 1.98. The molecule has 2 aromatic carbocycles. The van der Waals surface area contributed by atoms with Crippen molar-refractivity contribution in [2.45, 2.75) is 0 Å². The van der Waals surface area contributed by atoms with Gasteiger partial charge in [0.15, 0.2) is 0 Å². The first kappa shape index (κ1) is 10.2. The highest BCUT2D eigenvalue weighted by Gasteiger charge is 2.07. The molecule has 0 atom stereocenters. The van der Waals surface area contributed by atoms with Gasteiger partial charge in [-0.25, -0.2) is 9.97 Å². The Bertz CT molecular complexity index is 812. The lowest BCUT2D eigenvalue weighted by Crippen LogP contribution is -1.75. The summed E-state index contributed by atoms with van der Waals surface area (Å²) in [5, 5.41) is 1.08. The van der Waals surface area contributed by atoms with Crippen molar-refractivity contribution < 1.29 is 0 Å². The number of para-hydroxylation sites is 1. The number of fused-ring (bicyclic) bond motifs is 2. The third kappa shape index (κ3) is 1.54. The molecule has 0 aliphatic carbocycles. The Labute approximate surface area is 112 Å². The quantitative estimate of drug-likeness (QED) is 0.505. The highest BCUT2D eigenvalue weighted by molar-refractivity contribution is 7.21. The topological polar surface area (TPSA) is 25.8 Å². The molecule has 0 aliphatic heterocycles. The van der Waals surface area contributed by atoms with Crippen molar-refractivity contribution >= 4 is 43.1 Å². The molecule has 0 fully saturated rings. The average Bonchev–Trinajstić information content (AvgIpc) is 3.04. The summed E-state index contributed by atoms with van der Waals surface area (Å²) in [6, 6.07) is 14.6. The molecule has 2 heterocycles. The fraction of sp³-hybridized carbons (Fsp3) is 0. The van der Waals surface area contributed by atoms with Gasteiger partial charge in [-0.15, -0.1) is 22.7 Å². The van der Waals surface area contributed by atoms with E-state index >= 15 is 0 Å². The molecule has 2 aromatic heterocycles. The molecule has 0 radical (unpaired) electrons. The molecule has 0 bridgehead atoms. The van der Waals surface area contributed by atoms with Crippen molar-refractivity contribution in [1.82, 2.24) is 9.97 Å². The van der Waals surface area contributed by atoms with Crippen molar-refractivity contribution in [3.05, 3.63) is 48.0 Å². The minimum atomic E-state index is 1.06. The molecule has 0 saturated heterocycles. The Morgan fingerprint density at radius 2 is 1.83 bits per heavy atom. The zero-order chi connectivity index (χ0) is 11.9. The predicted octanol–water partition coefficient (Wildman–Crippen LogP) is 4.57. The van der Waals surface area contributed by atoms with Crippen LogP contribution in [0, 0.1) is 0 Å². The van der Waals surface area contributed by atoms with Crippen LogP contribution in [-0.4, -0.2) is 9.97 Å². The van der Waals surface area contributed by atoms with Gasteiger partial charge in [0.05, 0.1) is 25.9 Å². The lowest BCUT2D eigenvalue weighted by molar-refractivity contribution is 1.47. The van der Waals surface area contributed by atoms with Gasteiger partial charge in [-0.2, -0.15) is 0 Å². The monoisotopic (exact) mass is 268 g/mol. The molecule has 18 heavy (non-hydrogen) atoms. The predicted molar refractivity (Wildman–Crippen MR) is 78.2 cm³/mol. The van der Waals surface area contributed by atoms with Gasteiger partial charge in [0.2, 0.25) is 0 Å². The first-order valence-corrected chi connectivity index (χ1v) is 7.29. The summed E-state index contributed by atoms with van der Waals surface area (Å²) in [5.41, 5.74) is 5.19. The first-order valence-electron chi connectivity index (χ1n) is 5.59. The van der Waals surface area contributed by atoms with Gasteiger partial charge in [-0.05, 0) is 30.3 Å². The standard InChI is InChI=1S/C14H8N2S2/c1-2-4-12-11(3-1)16-14(18-12)9-5-6-10-13(7-9)17-8-15-10/h1-8H. The van der Waals surface area contributed by atoms with Crippen LogP contribution in [-0.2, 0) is 0 Å². The molecule has 86 valence electrons. The van der Waals surface area contributed by atoms with Crippen LogP contribution in [0.4, 0.5) is 0 Å². The van der Waals surface area contributed by atoms with Crippen molar-refractivity contribution in [2.24, 2.45) is 0 Å². The van der Waals surface area contributed by atoms with E-state index in [1.807, 2.05) is 11.6 Å². The van der Waals surface area contributed by atoms with Gasteiger partial charge in [0, 0.05) is 5.56 Å². The van der Waals surface area contributed by atoms with Gasteiger partial charge in [0.25, 0.3) is 0 Å². The van der Waals surface area contributed by atoms with E-state index in [1.54, 1.807) is 22.7 Å². The molecule has 0 amide bonds. The number of aromatic nitrogens is 2. The molecule has 4 heteroatoms. The van der Waals surface area contributed by atoms with E-state index in [1.165, 1.54) is 15.0 Å². The zero-order valence-electron chi connectivity index (χ0n) is 9.33. The second kappa shape index (κ2) is 3.86. The van der Waals surface area contributed by atoms with Crippen LogP contribution in [0.25, 0.3) is 31.0 Å². The molecule has 0 aliphatic rings. The van der Waals surface area contributed by atoms with E-state index in [-0.39, 0.29) is 0 Å². The van der Waals surface area contributed by atoms with Crippen LogP contribution >= 0.6 is 22.7 Å². The molecule has 0 N–H and O–H groups in total. The third-order valence-corrected chi connectivity index (χ3v) is 4.75. The van der Waals surface area contributed by atoms with Crippen LogP contribution in [0.1, 0.15) is 0 Å². The molecule has 0 spiro atoms. The number of rotatable bonds is 1. The molecule has 2 nitrogen and oxygen atoms in total. The maximum absolute atomic E-state index is 4.68. The van der Waals surface area contributed by atoms with E-state index in [4.69, 9.17) is 0 Å². The van der Waals surface area contributed by atoms with Crippen LogP contribution in [0.3, 0.4) is 0 Å². The number of thiazole rings is 2.